The lowest BCUT2D eigenvalue weighted by atomic mass is 9.75. The molecule has 0 aromatic heterocycles. The van der Waals surface area contributed by atoms with Crippen LogP contribution in [0.2, 0.25) is 0 Å². The van der Waals surface area contributed by atoms with E-state index >= 15 is 0 Å². The molecular weight excluding hydrogens is 626 g/mol. The number of esters is 1. The van der Waals surface area contributed by atoms with E-state index in [-0.39, 0.29) is 30.8 Å². The molecule has 13 nitrogen and oxygen atoms in total. The molecule has 0 radical (unpaired) electrons. The van der Waals surface area contributed by atoms with E-state index in [2.05, 4.69) is 4.90 Å². The van der Waals surface area contributed by atoms with Crippen LogP contribution < -0.4 is 0 Å². The maximum Gasteiger partial charge on any atom is 0.311 e. The van der Waals surface area contributed by atoms with Gasteiger partial charge in [0.2, 0.25) is 0 Å². The summed E-state index contributed by atoms with van der Waals surface area (Å²) in [5, 5.41) is 45.2. The van der Waals surface area contributed by atoms with Crippen molar-refractivity contribution in [3.8, 4) is 0 Å². The summed E-state index contributed by atoms with van der Waals surface area (Å²) in [7, 11) is 5.49. The number of aliphatic hydroxyl groups excluding tert-OH is 2. The highest BCUT2D eigenvalue weighted by Crippen LogP contribution is 2.40. The molecular formula is C35H63NO12. The Bertz CT molecular complexity index is 1090. The number of hydrogen-bond acceptors (Lipinski definition) is 13. The molecule has 3 fully saturated rings. The fourth-order valence-corrected chi connectivity index (χ4v) is 7.77. The number of rotatable bonds is 6. The van der Waals surface area contributed by atoms with Gasteiger partial charge >= 0.3 is 5.97 Å². The minimum Gasteiger partial charge on any atom is -0.462 e. The molecule has 13 heteroatoms. The topological polar surface area (TPSA) is 174 Å². The van der Waals surface area contributed by atoms with Crippen molar-refractivity contribution in [1.82, 2.24) is 4.90 Å². The van der Waals surface area contributed by atoms with Crippen molar-refractivity contribution in [2.45, 2.75) is 160 Å². The van der Waals surface area contributed by atoms with Crippen LogP contribution in [0.15, 0.2) is 0 Å². The third kappa shape index (κ3) is 9.34. The summed E-state index contributed by atoms with van der Waals surface area (Å²) >= 11 is 0. The minimum absolute atomic E-state index is 0.0458. The summed E-state index contributed by atoms with van der Waals surface area (Å²) in [5.41, 5.74) is -4.60. The number of carbonyl (C=O) groups is 2. The van der Waals surface area contributed by atoms with Crippen LogP contribution >= 0.6 is 0 Å². The highest BCUT2D eigenvalue weighted by Gasteiger charge is 2.51. The van der Waals surface area contributed by atoms with E-state index in [1.165, 1.54) is 21.0 Å². The number of Topliss-reactive ketones (excluding diaryl/α,β-unsaturated/α-hetero) is 1. The molecule has 3 aliphatic rings. The number of ketones is 1. The molecule has 3 aliphatic heterocycles. The van der Waals surface area contributed by atoms with Gasteiger partial charge in [0, 0.05) is 43.7 Å². The summed E-state index contributed by atoms with van der Waals surface area (Å²) in [4.78, 5) is 29.4. The van der Waals surface area contributed by atoms with Gasteiger partial charge in [0.25, 0.3) is 0 Å². The highest BCUT2D eigenvalue weighted by atomic mass is 16.7. The Balaban J connectivity index is 2.10. The minimum atomic E-state index is -1.93. The van der Waals surface area contributed by atoms with Gasteiger partial charge in [0.15, 0.2) is 12.6 Å². The Morgan fingerprint density at radius 2 is 1.44 bits per heavy atom. The number of cyclic esters (lactones) is 1. The average molecular weight is 690 g/mol. The van der Waals surface area contributed by atoms with E-state index in [9.17, 15) is 30.0 Å². The predicted molar refractivity (Wildman–Crippen MR) is 176 cm³/mol. The van der Waals surface area contributed by atoms with Crippen molar-refractivity contribution in [3.63, 3.8) is 0 Å². The molecule has 0 aliphatic carbocycles. The number of carbonyl (C=O) groups excluding carboxylic acids is 2. The summed E-state index contributed by atoms with van der Waals surface area (Å²) in [5.74, 6) is -4.54. The first-order chi connectivity index (χ1) is 22.0. The second-order valence-corrected chi connectivity index (χ2v) is 15.8. The van der Waals surface area contributed by atoms with Crippen LogP contribution in [0.5, 0.6) is 0 Å². The van der Waals surface area contributed by atoms with Gasteiger partial charge in [0.1, 0.15) is 24.1 Å². The van der Waals surface area contributed by atoms with Crippen LogP contribution in [0.25, 0.3) is 0 Å². The SMILES string of the molecule is CO[C@]1(C)C[C@H](O[C@H]2[C@H](C)[C@@H](O[C@H]3C[C@@H](N(C)C)C[C@@H](C)O3)[C@](C)(O)C[C@@H](C)C(=O)C(C)[C@@H](O)[C@](C)(O)COC(=O)[C@@H]2C)O[C@@H](C)[C@@H]1O. The standard InChI is InChI=1S/C35H63NO12/c1-18-15-33(7,41)31(48-25-14-24(36(10)11)13-19(2)45-25)21(4)28(47-26-16-35(9,43-12)30(39)23(6)46-26)22(5)32(40)44-17-34(8,42)29(38)20(3)27(18)37/h18-26,28-31,38-39,41-42H,13-17H2,1-12H3/t18-,19-,20?,21+,22-,23+,24+,25+,26+,28+,29-,30+,31-,33-,34-,35-/m1/s1. The largest absolute Gasteiger partial charge is 0.462 e. The van der Waals surface area contributed by atoms with Gasteiger partial charge in [-0.2, -0.15) is 0 Å². The molecule has 16 atom stereocenters. The summed E-state index contributed by atoms with van der Waals surface area (Å²) < 4.78 is 36.9. The van der Waals surface area contributed by atoms with Gasteiger partial charge in [-0.1, -0.05) is 20.8 Å². The normalized spacial score (nSPS) is 49.0. The molecule has 4 N–H and O–H groups in total. The van der Waals surface area contributed by atoms with Crippen LogP contribution in [0.4, 0.5) is 0 Å². The summed E-state index contributed by atoms with van der Waals surface area (Å²) in [6.07, 6.45) is -5.48. The fraction of sp³-hybridized carbons (Fsp3) is 0.943. The number of aliphatic hydroxyl groups is 4. The molecule has 3 heterocycles. The lowest BCUT2D eigenvalue weighted by molar-refractivity contribution is -0.308. The van der Waals surface area contributed by atoms with E-state index in [0.717, 1.165) is 6.42 Å². The van der Waals surface area contributed by atoms with Crippen LogP contribution in [-0.2, 0) is 38.0 Å². The molecule has 0 spiro atoms. The average Bonchev–Trinajstić information content (AvgIpc) is 3.01. The molecule has 0 bridgehead atoms. The van der Waals surface area contributed by atoms with E-state index in [1.54, 1.807) is 41.5 Å². The molecule has 48 heavy (non-hydrogen) atoms. The molecule has 1 unspecified atom stereocenters. The lowest BCUT2D eigenvalue weighted by Crippen LogP contribution is -2.59. The molecule has 3 rings (SSSR count). The lowest BCUT2D eigenvalue weighted by Gasteiger charge is -2.48. The second kappa shape index (κ2) is 16.0. The highest BCUT2D eigenvalue weighted by molar-refractivity contribution is 5.83. The van der Waals surface area contributed by atoms with Crippen molar-refractivity contribution in [2.75, 3.05) is 27.8 Å². The fourth-order valence-electron chi connectivity index (χ4n) is 7.77. The van der Waals surface area contributed by atoms with Gasteiger partial charge in [-0.25, -0.2) is 0 Å². The van der Waals surface area contributed by atoms with Gasteiger partial charge in [0.05, 0.1) is 47.6 Å². The number of nitrogens with zero attached hydrogens (tertiary/aromatic N) is 1. The van der Waals surface area contributed by atoms with Crippen LogP contribution in [0.3, 0.4) is 0 Å². The van der Waals surface area contributed by atoms with E-state index in [4.69, 9.17) is 28.4 Å². The van der Waals surface area contributed by atoms with Crippen molar-refractivity contribution in [1.29, 1.82) is 0 Å². The monoisotopic (exact) mass is 689 g/mol. The van der Waals surface area contributed by atoms with Gasteiger partial charge in [-0.15, -0.1) is 0 Å². The molecule has 280 valence electrons. The Kier molecular flexibility index (Phi) is 13.7. The van der Waals surface area contributed by atoms with Gasteiger partial charge in [-0.05, 0) is 68.5 Å². The Morgan fingerprint density at radius 1 is 0.812 bits per heavy atom. The third-order valence-corrected chi connectivity index (χ3v) is 11.0. The van der Waals surface area contributed by atoms with Gasteiger partial charge in [-0.3, -0.25) is 9.59 Å². The summed E-state index contributed by atoms with van der Waals surface area (Å²) in [6, 6.07) is 0.157. The van der Waals surface area contributed by atoms with Crippen LogP contribution in [0.1, 0.15) is 88.0 Å². The Hall–Kier alpha value is -1.26. The second-order valence-electron chi connectivity index (χ2n) is 15.8. The van der Waals surface area contributed by atoms with E-state index in [1.807, 2.05) is 21.0 Å². The zero-order chi connectivity index (χ0) is 36.5. The first kappa shape index (κ1) is 41.2. The van der Waals surface area contributed by atoms with E-state index in [0.29, 0.717) is 6.42 Å². The first-order valence-electron chi connectivity index (χ1n) is 17.4. The number of methoxy groups -OCH3 is 1. The van der Waals surface area contributed by atoms with Crippen molar-refractivity contribution >= 4 is 11.8 Å². The molecule has 0 aromatic carbocycles. The number of hydrogen-bond donors (Lipinski definition) is 4. The first-order valence-corrected chi connectivity index (χ1v) is 17.4. The zero-order valence-corrected chi connectivity index (χ0v) is 31.0. The Labute approximate surface area is 286 Å². The number of ether oxygens (including phenoxy) is 6. The molecule has 0 saturated carbocycles. The molecule has 0 aromatic rings. The maximum atomic E-state index is 13.7. The smallest absolute Gasteiger partial charge is 0.311 e. The van der Waals surface area contributed by atoms with Crippen LogP contribution in [-0.4, -0.2) is 137 Å². The molecule has 3 saturated heterocycles. The van der Waals surface area contributed by atoms with Crippen molar-refractivity contribution in [3.05, 3.63) is 0 Å². The van der Waals surface area contributed by atoms with Crippen LogP contribution in [0, 0.1) is 23.7 Å². The maximum absolute atomic E-state index is 13.7. The predicted octanol–water partition coefficient (Wildman–Crippen LogP) is 2.04. The van der Waals surface area contributed by atoms with Crippen molar-refractivity contribution in [2.24, 2.45) is 23.7 Å². The summed E-state index contributed by atoms with van der Waals surface area (Å²) in [6.45, 7) is 14.4. The van der Waals surface area contributed by atoms with E-state index < -0.39 is 96.2 Å². The molecule has 0 amide bonds. The quantitative estimate of drug-likeness (QED) is 0.299. The zero-order valence-electron chi connectivity index (χ0n) is 31.0. The Morgan fingerprint density at radius 3 is 2.02 bits per heavy atom. The third-order valence-electron chi connectivity index (χ3n) is 11.0. The van der Waals surface area contributed by atoms with Crippen molar-refractivity contribution < 1.29 is 58.4 Å². The van der Waals surface area contributed by atoms with Gasteiger partial charge < -0.3 is 53.7 Å².